The normalized spacial score (nSPS) is 13.7. The number of carbonyl (C=O) groups excluding carboxylic acids is 1. The van der Waals surface area contributed by atoms with Crippen LogP contribution in [0.25, 0.3) is 0 Å². The molecule has 15 heavy (non-hydrogen) atoms. The molecular formula is C8H15F3N2O2. The molecule has 0 aromatic rings. The number of alkyl halides is 3. The van der Waals surface area contributed by atoms with Crippen molar-refractivity contribution in [2.45, 2.75) is 25.6 Å². The lowest BCUT2D eigenvalue weighted by molar-refractivity contribution is -0.137. The molecule has 90 valence electrons. The fourth-order valence-corrected chi connectivity index (χ4v) is 0.758. The van der Waals surface area contributed by atoms with Crippen LogP contribution in [-0.4, -0.2) is 42.9 Å². The van der Waals surface area contributed by atoms with Crippen molar-refractivity contribution in [3.05, 3.63) is 0 Å². The third-order valence-electron chi connectivity index (χ3n) is 1.62. The molecule has 0 fully saturated rings. The highest BCUT2D eigenvalue weighted by Gasteiger charge is 2.27. The van der Waals surface area contributed by atoms with Gasteiger partial charge in [0, 0.05) is 6.54 Å². The Labute approximate surface area is 85.8 Å². The van der Waals surface area contributed by atoms with E-state index in [0.29, 0.717) is 6.42 Å². The molecule has 0 spiro atoms. The highest BCUT2D eigenvalue weighted by atomic mass is 19.4. The number of amides is 1. The SMILES string of the molecule is CCC(O)CNCC(=O)NCC(F)(F)F. The first-order valence-electron chi connectivity index (χ1n) is 4.57. The maximum atomic E-state index is 11.6. The Balaban J connectivity index is 3.50. The Morgan fingerprint density at radius 3 is 2.53 bits per heavy atom. The van der Waals surface area contributed by atoms with Gasteiger partial charge in [-0.15, -0.1) is 0 Å². The Morgan fingerprint density at radius 1 is 1.47 bits per heavy atom. The fraction of sp³-hybridized carbons (Fsp3) is 0.875. The second kappa shape index (κ2) is 6.62. The summed E-state index contributed by atoms with van der Waals surface area (Å²) in [5, 5.41) is 13.3. The van der Waals surface area contributed by atoms with Gasteiger partial charge in [-0.2, -0.15) is 13.2 Å². The lowest BCUT2D eigenvalue weighted by Crippen LogP contribution is -2.40. The Hall–Kier alpha value is -0.820. The van der Waals surface area contributed by atoms with Crippen molar-refractivity contribution in [2.75, 3.05) is 19.6 Å². The average Bonchev–Trinajstić information content (AvgIpc) is 2.13. The van der Waals surface area contributed by atoms with Gasteiger partial charge in [0.05, 0.1) is 12.6 Å². The Bertz CT molecular complexity index is 197. The summed E-state index contributed by atoms with van der Waals surface area (Å²) in [7, 11) is 0. The molecule has 3 N–H and O–H groups in total. The molecule has 0 aliphatic carbocycles. The molecule has 0 heterocycles. The maximum Gasteiger partial charge on any atom is 0.405 e. The molecule has 0 aliphatic heterocycles. The van der Waals surface area contributed by atoms with E-state index in [0.717, 1.165) is 0 Å². The molecule has 1 amide bonds. The summed E-state index contributed by atoms with van der Waals surface area (Å²) in [6.07, 6.45) is -4.45. The number of nitrogens with one attached hydrogen (secondary N) is 2. The summed E-state index contributed by atoms with van der Waals surface area (Å²) in [5.74, 6) is -0.740. The van der Waals surface area contributed by atoms with E-state index in [1.54, 1.807) is 12.2 Å². The van der Waals surface area contributed by atoms with Gasteiger partial charge in [-0.3, -0.25) is 4.79 Å². The standard InChI is InChI=1S/C8H15F3N2O2/c1-2-6(14)3-12-4-7(15)13-5-8(9,10)11/h6,12,14H,2-5H2,1H3,(H,13,15). The molecular weight excluding hydrogens is 213 g/mol. The van der Waals surface area contributed by atoms with Crippen LogP contribution in [0.1, 0.15) is 13.3 Å². The summed E-state index contributed by atoms with van der Waals surface area (Å²) < 4.78 is 34.9. The number of hydrogen-bond acceptors (Lipinski definition) is 3. The second-order valence-corrected chi connectivity index (χ2v) is 3.08. The third-order valence-corrected chi connectivity index (χ3v) is 1.62. The summed E-state index contributed by atoms with van der Waals surface area (Å²) in [6.45, 7) is 0.392. The molecule has 0 rings (SSSR count). The predicted octanol–water partition coefficient (Wildman–Crippen LogP) is 0.0254. The van der Waals surface area contributed by atoms with Crippen molar-refractivity contribution in [1.82, 2.24) is 10.6 Å². The van der Waals surface area contributed by atoms with Gasteiger partial charge in [-0.1, -0.05) is 6.92 Å². The lowest BCUT2D eigenvalue weighted by Gasteiger charge is -2.10. The third kappa shape index (κ3) is 9.48. The molecule has 4 nitrogen and oxygen atoms in total. The zero-order chi connectivity index (χ0) is 11.9. The second-order valence-electron chi connectivity index (χ2n) is 3.08. The number of rotatable bonds is 6. The minimum absolute atomic E-state index is 0.190. The van der Waals surface area contributed by atoms with Gasteiger partial charge in [0.2, 0.25) is 5.91 Å². The first-order valence-corrected chi connectivity index (χ1v) is 4.57. The molecule has 1 atom stereocenters. The topological polar surface area (TPSA) is 61.4 Å². The molecule has 0 aromatic heterocycles. The molecule has 0 saturated carbocycles. The Kier molecular flexibility index (Phi) is 6.26. The van der Waals surface area contributed by atoms with Crippen LogP contribution >= 0.6 is 0 Å². The smallest absolute Gasteiger partial charge is 0.392 e. The van der Waals surface area contributed by atoms with E-state index in [2.05, 4.69) is 5.32 Å². The van der Waals surface area contributed by atoms with Crippen molar-refractivity contribution >= 4 is 5.91 Å². The van der Waals surface area contributed by atoms with E-state index in [9.17, 15) is 18.0 Å². The summed E-state index contributed by atoms with van der Waals surface area (Å²) in [4.78, 5) is 10.8. The molecule has 0 aliphatic rings. The van der Waals surface area contributed by atoms with E-state index < -0.39 is 24.7 Å². The minimum Gasteiger partial charge on any atom is -0.392 e. The van der Waals surface area contributed by atoms with Crippen LogP contribution in [0.4, 0.5) is 13.2 Å². The quantitative estimate of drug-likeness (QED) is 0.601. The van der Waals surface area contributed by atoms with Gasteiger partial charge < -0.3 is 15.7 Å². The largest absolute Gasteiger partial charge is 0.405 e. The van der Waals surface area contributed by atoms with E-state index in [1.807, 2.05) is 0 Å². The molecule has 7 heteroatoms. The average molecular weight is 228 g/mol. The molecule has 1 unspecified atom stereocenters. The van der Waals surface area contributed by atoms with E-state index in [1.165, 1.54) is 0 Å². The van der Waals surface area contributed by atoms with Crippen molar-refractivity contribution in [3.63, 3.8) is 0 Å². The van der Waals surface area contributed by atoms with E-state index in [4.69, 9.17) is 5.11 Å². The van der Waals surface area contributed by atoms with E-state index >= 15 is 0 Å². The van der Waals surface area contributed by atoms with Gasteiger partial charge in [0.1, 0.15) is 6.54 Å². The monoisotopic (exact) mass is 228 g/mol. The van der Waals surface area contributed by atoms with Crippen LogP contribution in [0, 0.1) is 0 Å². The minimum atomic E-state index is -4.39. The van der Waals surface area contributed by atoms with Crippen LogP contribution in [0.3, 0.4) is 0 Å². The van der Waals surface area contributed by atoms with Crippen LogP contribution in [0.5, 0.6) is 0 Å². The van der Waals surface area contributed by atoms with Gasteiger partial charge in [0.15, 0.2) is 0 Å². The zero-order valence-corrected chi connectivity index (χ0v) is 8.40. The summed E-state index contributed by atoms with van der Waals surface area (Å²) in [5.41, 5.74) is 0. The highest BCUT2D eigenvalue weighted by Crippen LogP contribution is 2.11. The summed E-state index contributed by atoms with van der Waals surface area (Å²) >= 11 is 0. The number of hydrogen-bond donors (Lipinski definition) is 3. The van der Waals surface area contributed by atoms with Crippen molar-refractivity contribution < 1.29 is 23.1 Å². The molecule has 0 bridgehead atoms. The van der Waals surface area contributed by atoms with Gasteiger partial charge in [-0.25, -0.2) is 0 Å². The Morgan fingerprint density at radius 2 is 2.07 bits per heavy atom. The highest BCUT2D eigenvalue weighted by molar-refractivity contribution is 5.77. The maximum absolute atomic E-state index is 11.6. The van der Waals surface area contributed by atoms with Gasteiger partial charge in [-0.05, 0) is 6.42 Å². The van der Waals surface area contributed by atoms with Crippen LogP contribution in [0.2, 0.25) is 0 Å². The molecule has 0 saturated heterocycles. The first-order chi connectivity index (χ1) is 6.85. The predicted molar refractivity (Wildman–Crippen MR) is 48.2 cm³/mol. The van der Waals surface area contributed by atoms with Crippen LogP contribution in [0.15, 0.2) is 0 Å². The lowest BCUT2D eigenvalue weighted by atomic mass is 10.3. The van der Waals surface area contributed by atoms with Crippen molar-refractivity contribution in [1.29, 1.82) is 0 Å². The van der Waals surface area contributed by atoms with Gasteiger partial charge in [0.25, 0.3) is 0 Å². The fourth-order valence-electron chi connectivity index (χ4n) is 0.758. The first kappa shape index (κ1) is 14.2. The van der Waals surface area contributed by atoms with E-state index in [-0.39, 0.29) is 13.1 Å². The summed E-state index contributed by atoms with van der Waals surface area (Å²) in [6, 6.07) is 0. The molecule has 0 radical (unpaired) electrons. The number of carbonyl (C=O) groups is 1. The van der Waals surface area contributed by atoms with Crippen LogP contribution < -0.4 is 10.6 Å². The molecule has 0 aromatic carbocycles. The van der Waals surface area contributed by atoms with Crippen molar-refractivity contribution in [3.8, 4) is 0 Å². The zero-order valence-electron chi connectivity index (χ0n) is 8.40. The number of aliphatic hydroxyl groups is 1. The van der Waals surface area contributed by atoms with Crippen LogP contribution in [-0.2, 0) is 4.79 Å². The van der Waals surface area contributed by atoms with Gasteiger partial charge >= 0.3 is 6.18 Å². The van der Waals surface area contributed by atoms with Crippen molar-refractivity contribution in [2.24, 2.45) is 0 Å². The number of halogens is 3. The number of aliphatic hydroxyl groups excluding tert-OH is 1.